The molecule has 2 aromatic heterocycles. The van der Waals surface area contributed by atoms with Crippen molar-refractivity contribution >= 4 is 11.6 Å². The van der Waals surface area contributed by atoms with Gasteiger partial charge in [0.25, 0.3) is 5.91 Å². The van der Waals surface area contributed by atoms with Gasteiger partial charge in [-0.25, -0.2) is 4.98 Å². The number of amides is 1. The zero-order valence-corrected chi connectivity index (χ0v) is 11.9. The smallest absolute Gasteiger partial charge is 0.274 e. The topological polar surface area (TPSA) is 68.9 Å². The number of imidazole rings is 1. The highest BCUT2D eigenvalue weighted by Crippen LogP contribution is 2.12. The van der Waals surface area contributed by atoms with Crippen LogP contribution in [0.1, 0.15) is 10.5 Å². The summed E-state index contributed by atoms with van der Waals surface area (Å²) in [6.07, 6.45) is 4.67. The highest BCUT2D eigenvalue weighted by atomic mass is 16.2. The summed E-state index contributed by atoms with van der Waals surface area (Å²) in [5.41, 5.74) is 1.69. The van der Waals surface area contributed by atoms with E-state index >= 15 is 0 Å². The molecule has 0 aliphatic carbocycles. The molecule has 0 saturated heterocycles. The van der Waals surface area contributed by atoms with Crippen molar-refractivity contribution < 1.29 is 4.79 Å². The van der Waals surface area contributed by atoms with Gasteiger partial charge >= 0.3 is 0 Å². The quantitative estimate of drug-likeness (QED) is 0.801. The summed E-state index contributed by atoms with van der Waals surface area (Å²) < 4.78 is 3.11. The normalized spacial score (nSPS) is 10.4. The first kappa shape index (κ1) is 13.8. The number of nitrogens with zero attached hydrogens (tertiary/aromatic N) is 3. The third-order valence-electron chi connectivity index (χ3n) is 3.25. The molecule has 0 radical (unpaired) electrons. The molecular formula is C16H14N4O2. The number of benzene rings is 1. The Morgan fingerprint density at radius 3 is 2.64 bits per heavy atom. The lowest BCUT2D eigenvalue weighted by Crippen LogP contribution is -2.19. The molecule has 1 aromatic carbocycles. The second kappa shape index (κ2) is 5.69. The summed E-state index contributed by atoms with van der Waals surface area (Å²) in [4.78, 5) is 27.8. The van der Waals surface area contributed by atoms with Crippen LogP contribution in [0.15, 0.2) is 66.0 Å². The molecule has 3 aromatic rings. The molecule has 2 heterocycles. The van der Waals surface area contributed by atoms with E-state index in [0.717, 1.165) is 5.69 Å². The van der Waals surface area contributed by atoms with E-state index in [9.17, 15) is 9.59 Å². The first-order valence-electron chi connectivity index (χ1n) is 6.71. The summed E-state index contributed by atoms with van der Waals surface area (Å²) in [5.74, 6) is -0.292. The van der Waals surface area contributed by atoms with E-state index < -0.39 is 0 Å². The fourth-order valence-electron chi connectivity index (χ4n) is 2.12. The maximum absolute atomic E-state index is 12.4. The second-order valence-electron chi connectivity index (χ2n) is 4.81. The van der Waals surface area contributed by atoms with Gasteiger partial charge in [-0.3, -0.25) is 14.2 Å². The van der Waals surface area contributed by atoms with Gasteiger partial charge in [0.2, 0.25) is 5.56 Å². The average molecular weight is 294 g/mol. The SMILES string of the molecule is Cn1cc(NC(=O)c2cncn2-c2ccccc2)ccc1=O. The molecule has 0 unspecified atom stereocenters. The molecule has 0 atom stereocenters. The molecule has 0 fully saturated rings. The fourth-order valence-corrected chi connectivity index (χ4v) is 2.12. The zero-order chi connectivity index (χ0) is 15.5. The van der Waals surface area contributed by atoms with E-state index in [4.69, 9.17) is 0 Å². The van der Waals surface area contributed by atoms with Crippen LogP contribution in [-0.4, -0.2) is 20.0 Å². The number of rotatable bonds is 3. The van der Waals surface area contributed by atoms with Gasteiger partial charge in [-0.2, -0.15) is 0 Å². The Balaban J connectivity index is 1.89. The predicted octanol–water partition coefficient (Wildman–Crippen LogP) is 1.82. The van der Waals surface area contributed by atoms with Gasteiger partial charge in [0.15, 0.2) is 0 Å². The van der Waals surface area contributed by atoms with Crippen LogP contribution >= 0.6 is 0 Å². The van der Waals surface area contributed by atoms with E-state index in [0.29, 0.717) is 11.4 Å². The van der Waals surface area contributed by atoms with Crippen molar-refractivity contribution in [3.05, 3.63) is 77.2 Å². The Bertz CT molecular complexity index is 865. The number of anilines is 1. The van der Waals surface area contributed by atoms with Crippen LogP contribution in [0.5, 0.6) is 0 Å². The minimum Gasteiger partial charge on any atom is -0.319 e. The van der Waals surface area contributed by atoms with Gasteiger partial charge in [0, 0.05) is 25.0 Å². The molecule has 0 bridgehead atoms. The van der Waals surface area contributed by atoms with Crippen LogP contribution in [0.2, 0.25) is 0 Å². The molecule has 0 saturated carbocycles. The predicted molar refractivity (Wildman–Crippen MR) is 83.2 cm³/mol. The first-order chi connectivity index (χ1) is 10.6. The molecule has 1 N–H and O–H groups in total. The fraction of sp³-hybridized carbons (Fsp3) is 0.0625. The number of nitrogens with one attached hydrogen (secondary N) is 1. The molecule has 0 aliphatic heterocycles. The highest BCUT2D eigenvalue weighted by Gasteiger charge is 2.13. The van der Waals surface area contributed by atoms with Crippen molar-refractivity contribution in [1.29, 1.82) is 0 Å². The van der Waals surface area contributed by atoms with Crippen molar-refractivity contribution in [2.45, 2.75) is 0 Å². The number of hydrogen-bond acceptors (Lipinski definition) is 3. The van der Waals surface area contributed by atoms with Crippen molar-refractivity contribution in [3.63, 3.8) is 0 Å². The Labute approximate surface area is 126 Å². The number of pyridine rings is 1. The molecule has 0 aliphatic rings. The van der Waals surface area contributed by atoms with E-state index in [1.54, 1.807) is 30.2 Å². The number of aromatic nitrogens is 3. The molecule has 3 rings (SSSR count). The van der Waals surface area contributed by atoms with E-state index in [-0.39, 0.29) is 11.5 Å². The number of carbonyl (C=O) groups excluding carboxylic acids is 1. The van der Waals surface area contributed by atoms with Crippen molar-refractivity contribution in [2.24, 2.45) is 7.05 Å². The van der Waals surface area contributed by atoms with Crippen molar-refractivity contribution in [3.8, 4) is 5.69 Å². The number of para-hydroxylation sites is 1. The van der Waals surface area contributed by atoms with Gasteiger partial charge in [-0.15, -0.1) is 0 Å². The summed E-state index contributed by atoms with van der Waals surface area (Å²) >= 11 is 0. The Kier molecular flexibility index (Phi) is 3.57. The standard InChI is InChI=1S/C16H14N4O2/c1-19-10-12(7-8-15(19)21)18-16(22)14-9-17-11-20(14)13-5-3-2-4-6-13/h2-11H,1H3,(H,18,22). The van der Waals surface area contributed by atoms with Crippen LogP contribution in [0.3, 0.4) is 0 Å². The van der Waals surface area contributed by atoms with Crippen molar-refractivity contribution in [2.75, 3.05) is 5.32 Å². The van der Waals surface area contributed by atoms with Crippen LogP contribution in [0.25, 0.3) is 5.69 Å². The third-order valence-corrected chi connectivity index (χ3v) is 3.25. The lowest BCUT2D eigenvalue weighted by atomic mass is 10.3. The molecule has 6 heteroatoms. The van der Waals surface area contributed by atoms with Gasteiger partial charge in [-0.1, -0.05) is 18.2 Å². The Morgan fingerprint density at radius 2 is 1.91 bits per heavy atom. The van der Waals surface area contributed by atoms with E-state index in [1.807, 2.05) is 30.3 Å². The number of carbonyl (C=O) groups is 1. The minimum absolute atomic E-state index is 0.132. The summed E-state index contributed by atoms with van der Waals surface area (Å²) in [6.45, 7) is 0. The van der Waals surface area contributed by atoms with Crippen LogP contribution in [0, 0.1) is 0 Å². The average Bonchev–Trinajstić information content (AvgIpc) is 3.01. The van der Waals surface area contributed by atoms with Gasteiger partial charge in [0.1, 0.15) is 5.69 Å². The summed E-state index contributed by atoms with van der Waals surface area (Å²) in [7, 11) is 1.63. The lowest BCUT2D eigenvalue weighted by Gasteiger charge is -2.09. The van der Waals surface area contributed by atoms with Gasteiger partial charge in [0.05, 0.1) is 18.2 Å². The third kappa shape index (κ3) is 2.67. The maximum Gasteiger partial charge on any atom is 0.274 e. The van der Waals surface area contributed by atoms with Crippen LogP contribution < -0.4 is 10.9 Å². The molecule has 110 valence electrons. The lowest BCUT2D eigenvalue weighted by molar-refractivity contribution is 0.102. The molecule has 6 nitrogen and oxygen atoms in total. The summed E-state index contributed by atoms with van der Waals surface area (Å²) in [5, 5.41) is 2.76. The van der Waals surface area contributed by atoms with Gasteiger partial charge < -0.3 is 9.88 Å². The van der Waals surface area contributed by atoms with Crippen molar-refractivity contribution in [1.82, 2.24) is 14.1 Å². The second-order valence-corrected chi connectivity index (χ2v) is 4.81. The minimum atomic E-state index is -0.292. The molecule has 1 amide bonds. The largest absolute Gasteiger partial charge is 0.319 e. The molecule has 22 heavy (non-hydrogen) atoms. The zero-order valence-electron chi connectivity index (χ0n) is 11.9. The number of aryl methyl sites for hydroxylation is 1. The van der Waals surface area contributed by atoms with Crippen LogP contribution in [-0.2, 0) is 7.05 Å². The molecule has 0 spiro atoms. The summed E-state index contributed by atoms with van der Waals surface area (Å²) in [6, 6.07) is 12.5. The Hall–Kier alpha value is -3.15. The highest BCUT2D eigenvalue weighted by molar-refractivity contribution is 6.03. The maximum atomic E-state index is 12.4. The van der Waals surface area contributed by atoms with Gasteiger partial charge in [-0.05, 0) is 18.2 Å². The first-order valence-corrected chi connectivity index (χ1v) is 6.71. The Morgan fingerprint density at radius 1 is 1.14 bits per heavy atom. The molecular weight excluding hydrogens is 280 g/mol. The van der Waals surface area contributed by atoms with E-state index in [1.165, 1.54) is 16.8 Å². The van der Waals surface area contributed by atoms with E-state index in [2.05, 4.69) is 10.3 Å². The van der Waals surface area contributed by atoms with Crippen LogP contribution in [0.4, 0.5) is 5.69 Å². The number of hydrogen-bond donors (Lipinski definition) is 1. The monoisotopic (exact) mass is 294 g/mol.